The van der Waals surface area contributed by atoms with Crippen molar-refractivity contribution in [3.63, 3.8) is 0 Å². The van der Waals surface area contributed by atoms with E-state index in [4.69, 9.17) is 4.74 Å². The fourth-order valence-corrected chi connectivity index (χ4v) is 6.00. The van der Waals surface area contributed by atoms with E-state index in [0.29, 0.717) is 11.7 Å². The predicted octanol–water partition coefficient (Wildman–Crippen LogP) is 8.56. The maximum atomic E-state index is 13.4. The Bertz CT molecular complexity index is 857. The van der Waals surface area contributed by atoms with Crippen molar-refractivity contribution in [2.45, 2.75) is 83.7 Å². The average molecular weight is 445 g/mol. The molecule has 0 unspecified atom stereocenters. The first-order chi connectivity index (χ1) is 15.5. The minimum atomic E-state index is -1.44. The van der Waals surface area contributed by atoms with E-state index < -0.39 is 17.5 Å². The van der Waals surface area contributed by atoms with Crippen LogP contribution in [0.15, 0.2) is 36.4 Å². The minimum absolute atomic E-state index is 0.00498. The third kappa shape index (κ3) is 5.68. The molecule has 1 nitrogen and oxygen atoms in total. The van der Waals surface area contributed by atoms with Crippen LogP contribution in [-0.4, -0.2) is 0 Å². The van der Waals surface area contributed by atoms with Gasteiger partial charge in [-0.1, -0.05) is 44.7 Å². The second-order valence-corrected chi connectivity index (χ2v) is 9.92. The molecule has 2 aliphatic rings. The highest BCUT2D eigenvalue weighted by Crippen LogP contribution is 2.44. The molecule has 0 heterocycles. The van der Waals surface area contributed by atoms with Gasteiger partial charge in [0.25, 0.3) is 0 Å². The lowest BCUT2D eigenvalue weighted by Gasteiger charge is -2.38. The van der Waals surface area contributed by atoms with E-state index in [1.165, 1.54) is 69.8 Å². The van der Waals surface area contributed by atoms with Crippen molar-refractivity contribution in [2.75, 3.05) is 0 Å². The molecule has 4 heteroatoms. The van der Waals surface area contributed by atoms with Gasteiger partial charge in [0.05, 0.1) is 0 Å². The van der Waals surface area contributed by atoms with Crippen LogP contribution >= 0.6 is 0 Å². The summed E-state index contributed by atoms with van der Waals surface area (Å²) >= 11 is 0. The summed E-state index contributed by atoms with van der Waals surface area (Å²) in [5.74, 6) is 0.196. The molecule has 2 saturated carbocycles. The number of benzene rings is 2. The number of hydrogen-bond donors (Lipinski definition) is 0. The summed E-state index contributed by atoms with van der Waals surface area (Å²) in [5, 5.41) is 0. The smallest absolute Gasteiger partial charge is 0.194 e. The van der Waals surface area contributed by atoms with E-state index in [2.05, 4.69) is 19.1 Å². The third-order valence-corrected chi connectivity index (χ3v) is 7.81. The van der Waals surface area contributed by atoms with Gasteiger partial charge >= 0.3 is 0 Å². The molecule has 32 heavy (non-hydrogen) atoms. The summed E-state index contributed by atoms with van der Waals surface area (Å²) in [6.07, 6.45) is 13.5. The molecule has 2 aliphatic carbocycles. The normalized spacial score (nSPS) is 26.1. The van der Waals surface area contributed by atoms with Crippen molar-refractivity contribution in [1.82, 2.24) is 0 Å². The highest BCUT2D eigenvalue weighted by atomic mass is 19.2. The second kappa shape index (κ2) is 10.8. The van der Waals surface area contributed by atoms with Crippen molar-refractivity contribution in [1.29, 1.82) is 0 Å². The molecule has 0 amide bonds. The van der Waals surface area contributed by atoms with E-state index in [0.717, 1.165) is 29.9 Å². The SMILES string of the molecule is CCCC1CCC(C2CCC(c3cccc(OCc4cc(F)c(F)c(F)c4)c3)CC2)CC1. The Kier molecular flexibility index (Phi) is 7.80. The van der Waals surface area contributed by atoms with Crippen LogP contribution in [0.5, 0.6) is 5.75 Å². The summed E-state index contributed by atoms with van der Waals surface area (Å²) in [5.41, 5.74) is 1.56. The van der Waals surface area contributed by atoms with Crippen LogP contribution in [0.25, 0.3) is 0 Å². The zero-order chi connectivity index (χ0) is 22.5. The summed E-state index contributed by atoms with van der Waals surface area (Å²) in [4.78, 5) is 0. The Hall–Kier alpha value is -1.97. The van der Waals surface area contributed by atoms with E-state index >= 15 is 0 Å². The van der Waals surface area contributed by atoms with E-state index in [1.54, 1.807) is 0 Å². The molecule has 2 aromatic rings. The first kappa shape index (κ1) is 23.2. The molecule has 0 aromatic heterocycles. The van der Waals surface area contributed by atoms with Crippen molar-refractivity contribution in [2.24, 2.45) is 17.8 Å². The van der Waals surface area contributed by atoms with Gasteiger partial charge in [0.2, 0.25) is 0 Å². The molecule has 4 rings (SSSR count). The van der Waals surface area contributed by atoms with Crippen LogP contribution in [0.2, 0.25) is 0 Å². The molecule has 0 bridgehead atoms. The van der Waals surface area contributed by atoms with Crippen molar-refractivity contribution in [3.05, 3.63) is 65.0 Å². The van der Waals surface area contributed by atoms with Gasteiger partial charge in [-0.05, 0) is 97.6 Å². The van der Waals surface area contributed by atoms with Gasteiger partial charge in [0, 0.05) is 0 Å². The first-order valence-electron chi connectivity index (χ1n) is 12.4. The zero-order valence-electron chi connectivity index (χ0n) is 19.1. The van der Waals surface area contributed by atoms with Gasteiger partial charge in [-0.15, -0.1) is 0 Å². The maximum Gasteiger partial charge on any atom is 0.194 e. The molecule has 174 valence electrons. The summed E-state index contributed by atoms with van der Waals surface area (Å²) in [6.45, 7) is 2.31. The van der Waals surface area contributed by atoms with E-state index in [9.17, 15) is 13.2 Å². The molecule has 0 N–H and O–H groups in total. The van der Waals surface area contributed by atoms with Gasteiger partial charge in [-0.25, -0.2) is 13.2 Å². The monoisotopic (exact) mass is 444 g/mol. The largest absolute Gasteiger partial charge is 0.489 e. The van der Waals surface area contributed by atoms with Crippen LogP contribution in [0.1, 0.15) is 88.2 Å². The Balaban J connectivity index is 1.29. The van der Waals surface area contributed by atoms with Crippen LogP contribution < -0.4 is 4.74 Å². The van der Waals surface area contributed by atoms with Crippen molar-refractivity contribution in [3.8, 4) is 5.75 Å². The minimum Gasteiger partial charge on any atom is -0.489 e. The molecule has 0 spiro atoms. The van der Waals surface area contributed by atoms with Crippen LogP contribution in [-0.2, 0) is 6.61 Å². The predicted molar refractivity (Wildman–Crippen MR) is 122 cm³/mol. The number of rotatable bonds is 7. The third-order valence-electron chi connectivity index (χ3n) is 7.81. The molecule has 0 aliphatic heterocycles. The summed E-state index contributed by atoms with van der Waals surface area (Å²) in [7, 11) is 0. The standard InChI is InChI=1S/C28H35F3O/c1-2-4-19-7-9-21(10-8-19)22-11-13-23(14-12-22)24-5-3-6-25(17-24)32-18-20-15-26(29)28(31)27(30)16-20/h3,5-6,15-17,19,21-23H,2,4,7-14,18H2,1H3. The highest BCUT2D eigenvalue weighted by Gasteiger charge is 2.31. The van der Waals surface area contributed by atoms with Crippen molar-refractivity contribution >= 4 is 0 Å². The topological polar surface area (TPSA) is 9.23 Å². The zero-order valence-corrected chi connectivity index (χ0v) is 19.1. The summed E-state index contributed by atoms with van der Waals surface area (Å²) in [6, 6.07) is 10.0. The lowest BCUT2D eigenvalue weighted by molar-refractivity contribution is 0.156. The molecule has 0 atom stereocenters. The van der Waals surface area contributed by atoms with Crippen LogP contribution in [0, 0.1) is 35.2 Å². The molecular formula is C28H35F3O. The lowest BCUT2D eigenvalue weighted by atomic mass is 9.68. The van der Waals surface area contributed by atoms with E-state index in [1.807, 2.05) is 12.1 Å². The van der Waals surface area contributed by atoms with Crippen molar-refractivity contribution < 1.29 is 17.9 Å². The van der Waals surface area contributed by atoms with Gasteiger partial charge in [0.1, 0.15) is 12.4 Å². The summed E-state index contributed by atoms with van der Waals surface area (Å²) < 4.78 is 45.7. The number of halogens is 3. The quantitative estimate of drug-likeness (QED) is 0.389. The fraction of sp³-hybridized carbons (Fsp3) is 0.571. The fourth-order valence-electron chi connectivity index (χ4n) is 6.00. The Morgan fingerprint density at radius 3 is 2.06 bits per heavy atom. The van der Waals surface area contributed by atoms with Crippen LogP contribution in [0.4, 0.5) is 13.2 Å². The second-order valence-electron chi connectivity index (χ2n) is 9.92. The van der Waals surface area contributed by atoms with Gasteiger partial charge in [-0.2, -0.15) is 0 Å². The Morgan fingerprint density at radius 2 is 1.44 bits per heavy atom. The average Bonchev–Trinajstić information content (AvgIpc) is 2.82. The van der Waals surface area contributed by atoms with Crippen LogP contribution in [0.3, 0.4) is 0 Å². The maximum absolute atomic E-state index is 13.4. The first-order valence-corrected chi connectivity index (χ1v) is 12.4. The number of ether oxygens (including phenoxy) is 1. The van der Waals surface area contributed by atoms with Gasteiger partial charge in [0.15, 0.2) is 17.5 Å². The molecule has 2 fully saturated rings. The van der Waals surface area contributed by atoms with Gasteiger partial charge < -0.3 is 4.74 Å². The molecule has 2 aromatic carbocycles. The highest BCUT2D eigenvalue weighted by molar-refractivity contribution is 5.31. The number of hydrogen-bond acceptors (Lipinski definition) is 1. The van der Waals surface area contributed by atoms with E-state index in [-0.39, 0.29) is 12.2 Å². The Morgan fingerprint density at radius 1 is 0.812 bits per heavy atom. The Labute approximate surface area is 190 Å². The molecule has 0 radical (unpaired) electrons. The molecular weight excluding hydrogens is 409 g/mol. The molecule has 0 saturated heterocycles. The lowest BCUT2D eigenvalue weighted by Crippen LogP contribution is -2.25. The van der Waals surface area contributed by atoms with Gasteiger partial charge in [-0.3, -0.25) is 0 Å².